The summed E-state index contributed by atoms with van der Waals surface area (Å²) in [6.07, 6.45) is 3.34. The van der Waals surface area contributed by atoms with Gasteiger partial charge in [0.2, 0.25) is 5.95 Å². The molecule has 2 aromatic rings. The number of nitrogens with zero attached hydrogens (tertiary/aromatic N) is 5. The van der Waals surface area contributed by atoms with Crippen LogP contribution in [0, 0.1) is 0 Å². The van der Waals surface area contributed by atoms with Gasteiger partial charge >= 0.3 is 0 Å². The Labute approximate surface area is 134 Å². The van der Waals surface area contributed by atoms with Crippen molar-refractivity contribution in [2.75, 3.05) is 43.6 Å². The highest BCUT2D eigenvalue weighted by Gasteiger charge is 2.24. The molecule has 3 heterocycles. The van der Waals surface area contributed by atoms with Crippen molar-refractivity contribution in [2.24, 2.45) is 0 Å². The second-order valence-corrected chi connectivity index (χ2v) is 5.75. The van der Waals surface area contributed by atoms with Gasteiger partial charge in [0.15, 0.2) is 0 Å². The molecule has 0 spiro atoms. The van der Waals surface area contributed by atoms with Gasteiger partial charge in [-0.15, -0.1) is 0 Å². The van der Waals surface area contributed by atoms with Crippen LogP contribution in [-0.4, -0.2) is 48.7 Å². The second-order valence-electron chi connectivity index (χ2n) is 5.32. The van der Waals surface area contributed by atoms with Crippen LogP contribution in [0.3, 0.4) is 0 Å². The van der Waals surface area contributed by atoms with Crippen LogP contribution in [0.4, 0.5) is 11.8 Å². The Balaban J connectivity index is 1.78. The van der Waals surface area contributed by atoms with Crippen molar-refractivity contribution in [1.29, 1.82) is 0 Å². The number of pyridine rings is 1. The van der Waals surface area contributed by atoms with Gasteiger partial charge in [-0.05, 0) is 18.2 Å². The highest BCUT2D eigenvalue weighted by atomic mass is 35.5. The van der Waals surface area contributed by atoms with E-state index >= 15 is 0 Å². The quantitative estimate of drug-likeness (QED) is 0.864. The number of ether oxygens (including phenoxy) is 1. The number of hydrogen-bond donors (Lipinski definition) is 0. The van der Waals surface area contributed by atoms with E-state index in [4.69, 9.17) is 16.3 Å². The third kappa shape index (κ3) is 3.28. The molecule has 1 atom stereocenters. The number of halogens is 1. The number of anilines is 2. The van der Waals surface area contributed by atoms with Crippen molar-refractivity contribution < 1.29 is 4.74 Å². The Morgan fingerprint density at radius 3 is 2.86 bits per heavy atom. The minimum atomic E-state index is -0.0899. The molecule has 0 amide bonds. The summed E-state index contributed by atoms with van der Waals surface area (Å²) < 4.78 is 5.87. The summed E-state index contributed by atoms with van der Waals surface area (Å²) in [5.41, 5.74) is 0.886. The number of rotatable bonds is 3. The average Bonchev–Trinajstić information content (AvgIpc) is 2.56. The van der Waals surface area contributed by atoms with Crippen molar-refractivity contribution in [1.82, 2.24) is 15.0 Å². The maximum atomic E-state index is 5.89. The van der Waals surface area contributed by atoms with Crippen molar-refractivity contribution in [2.45, 2.75) is 6.10 Å². The van der Waals surface area contributed by atoms with Gasteiger partial charge in [-0.25, -0.2) is 15.0 Å². The highest BCUT2D eigenvalue weighted by Crippen LogP contribution is 2.25. The van der Waals surface area contributed by atoms with Gasteiger partial charge in [0.05, 0.1) is 23.9 Å². The number of aromatic nitrogens is 3. The molecule has 3 rings (SSSR count). The van der Waals surface area contributed by atoms with Gasteiger partial charge in [0.1, 0.15) is 11.9 Å². The maximum Gasteiger partial charge on any atom is 0.225 e. The third-order valence-corrected chi connectivity index (χ3v) is 3.72. The van der Waals surface area contributed by atoms with Crippen LogP contribution >= 0.6 is 11.6 Å². The zero-order chi connectivity index (χ0) is 15.5. The Morgan fingerprint density at radius 2 is 2.14 bits per heavy atom. The van der Waals surface area contributed by atoms with Gasteiger partial charge < -0.3 is 14.5 Å². The fraction of sp³-hybridized carbons (Fsp3) is 0.400. The van der Waals surface area contributed by atoms with Gasteiger partial charge in [-0.3, -0.25) is 0 Å². The summed E-state index contributed by atoms with van der Waals surface area (Å²) in [5.74, 6) is 1.59. The molecule has 0 radical (unpaired) electrons. The van der Waals surface area contributed by atoms with E-state index in [1.807, 2.05) is 37.2 Å². The first kappa shape index (κ1) is 15.0. The molecule has 116 valence electrons. The lowest BCUT2D eigenvalue weighted by Gasteiger charge is -2.33. The summed E-state index contributed by atoms with van der Waals surface area (Å²) in [7, 11) is 3.84. The van der Waals surface area contributed by atoms with Crippen LogP contribution in [-0.2, 0) is 4.74 Å². The van der Waals surface area contributed by atoms with Crippen LogP contribution in [0.2, 0.25) is 5.02 Å². The molecular weight excluding hydrogens is 302 g/mol. The van der Waals surface area contributed by atoms with Crippen LogP contribution in [0.15, 0.2) is 30.6 Å². The minimum absolute atomic E-state index is 0.0899. The van der Waals surface area contributed by atoms with E-state index in [-0.39, 0.29) is 6.10 Å². The molecule has 0 aliphatic carbocycles. The van der Waals surface area contributed by atoms with E-state index in [0.29, 0.717) is 24.1 Å². The topological polar surface area (TPSA) is 54.4 Å². The smallest absolute Gasteiger partial charge is 0.225 e. The normalized spacial score (nSPS) is 18.3. The lowest BCUT2D eigenvalue weighted by Crippen LogP contribution is -2.39. The lowest BCUT2D eigenvalue weighted by atomic mass is 10.2. The van der Waals surface area contributed by atoms with E-state index in [1.165, 1.54) is 0 Å². The summed E-state index contributed by atoms with van der Waals surface area (Å²) in [5, 5.41) is 0.639. The lowest BCUT2D eigenvalue weighted by molar-refractivity contribution is 0.0367. The molecule has 6 nitrogen and oxygen atoms in total. The van der Waals surface area contributed by atoms with E-state index in [2.05, 4.69) is 19.9 Å². The van der Waals surface area contributed by atoms with Crippen LogP contribution < -0.4 is 9.80 Å². The maximum absolute atomic E-state index is 5.89. The first-order valence-corrected chi connectivity index (χ1v) is 7.49. The summed E-state index contributed by atoms with van der Waals surface area (Å²) in [4.78, 5) is 17.2. The zero-order valence-electron chi connectivity index (χ0n) is 12.6. The Hall–Kier alpha value is -1.92. The number of hydrogen-bond acceptors (Lipinski definition) is 6. The van der Waals surface area contributed by atoms with Crippen molar-refractivity contribution >= 4 is 23.4 Å². The van der Waals surface area contributed by atoms with Gasteiger partial charge in [-0.2, -0.15) is 0 Å². The van der Waals surface area contributed by atoms with Crippen LogP contribution in [0.1, 0.15) is 11.8 Å². The molecule has 0 saturated carbocycles. The molecule has 1 saturated heterocycles. The van der Waals surface area contributed by atoms with E-state index in [1.54, 1.807) is 12.4 Å². The minimum Gasteiger partial charge on any atom is -0.368 e. The molecule has 7 heteroatoms. The summed E-state index contributed by atoms with van der Waals surface area (Å²) >= 11 is 5.89. The molecule has 0 bridgehead atoms. The largest absolute Gasteiger partial charge is 0.368 e. The standard InChI is InChI=1S/C15H18ClN5O/c1-20(2)15-17-6-5-12(19-15)13-10-21(7-8-22-13)14-4-3-11(16)9-18-14/h3-6,9,13H,7-8,10H2,1-2H3. The number of morpholine rings is 1. The monoisotopic (exact) mass is 319 g/mol. The molecule has 1 unspecified atom stereocenters. The predicted octanol–water partition coefficient (Wildman–Crippen LogP) is 2.17. The summed E-state index contributed by atoms with van der Waals surface area (Å²) in [6, 6.07) is 5.68. The third-order valence-electron chi connectivity index (χ3n) is 3.50. The molecular formula is C15H18ClN5O. The van der Waals surface area contributed by atoms with Gasteiger partial charge in [-0.1, -0.05) is 11.6 Å². The SMILES string of the molecule is CN(C)c1nccc(C2CN(c3ccc(Cl)cn3)CCO2)n1. The highest BCUT2D eigenvalue weighted by molar-refractivity contribution is 6.30. The van der Waals surface area contributed by atoms with Gasteiger partial charge in [0, 0.05) is 33.0 Å². The summed E-state index contributed by atoms with van der Waals surface area (Å²) in [6.45, 7) is 2.14. The van der Waals surface area contributed by atoms with E-state index < -0.39 is 0 Å². The Kier molecular flexibility index (Phi) is 4.40. The molecule has 1 aliphatic heterocycles. The Morgan fingerprint density at radius 1 is 1.27 bits per heavy atom. The van der Waals surface area contributed by atoms with Crippen molar-refractivity contribution in [3.8, 4) is 0 Å². The predicted molar refractivity (Wildman–Crippen MR) is 86.5 cm³/mol. The fourth-order valence-electron chi connectivity index (χ4n) is 2.35. The molecule has 22 heavy (non-hydrogen) atoms. The van der Waals surface area contributed by atoms with Crippen LogP contribution in [0.5, 0.6) is 0 Å². The fourth-order valence-corrected chi connectivity index (χ4v) is 2.46. The zero-order valence-corrected chi connectivity index (χ0v) is 13.4. The molecule has 0 N–H and O–H groups in total. The van der Waals surface area contributed by atoms with Crippen molar-refractivity contribution in [3.63, 3.8) is 0 Å². The van der Waals surface area contributed by atoms with E-state index in [0.717, 1.165) is 18.1 Å². The molecule has 1 aliphatic rings. The molecule has 1 fully saturated rings. The van der Waals surface area contributed by atoms with Crippen molar-refractivity contribution in [3.05, 3.63) is 41.3 Å². The molecule has 0 aromatic carbocycles. The second kappa shape index (κ2) is 6.46. The first-order chi connectivity index (χ1) is 10.6. The van der Waals surface area contributed by atoms with Gasteiger partial charge in [0.25, 0.3) is 0 Å². The first-order valence-electron chi connectivity index (χ1n) is 7.12. The molecule has 2 aromatic heterocycles. The Bertz CT molecular complexity index is 634. The van der Waals surface area contributed by atoms with Crippen LogP contribution in [0.25, 0.3) is 0 Å². The average molecular weight is 320 g/mol. The van der Waals surface area contributed by atoms with E-state index in [9.17, 15) is 0 Å².